The van der Waals surface area contributed by atoms with E-state index in [0.717, 1.165) is 16.3 Å². The Hall–Kier alpha value is -3.07. The Morgan fingerprint density at radius 2 is 1.39 bits per heavy atom. The molecule has 0 spiro atoms. The van der Waals surface area contributed by atoms with Crippen LogP contribution >= 0.6 is 0 Å². The Bertz CT molecular complexity index is 1170. The molecule has 4 rings (SSSR count). The maximum absolute atomic E-state index is 15.7. The number of hydrogen-bond acceptors (Lipinski definition) is 0. The summed E-state index contributed by atoms with van der Waals surface area (Å²) in [7, 11) is 0. The zero-order chi connectivity index (χ0) is 22.0. The van der Waals surface area contributed by atoms with Crippen molar-refractivity contribution in [2.75, 3.05) is 0 Å². The summed E-state index contributed by atoms with van der Waals surface area (Å²) in [5.74, 6) is -1.95. The number of rotatable bonds is 6. The summed E-state index contributed by atoms with van der Waals surface area (Å²) in [5.41, 5.74) is 2.31. The topological polar surface area (TPSA) is 0 Å². The zero-order valence-corrected chi connectivity index (χ0v) is 17.7. The van der Waals surface area contributed by atoms with Crippen molar-refractivity contribution >= 4 is 10.8 Å². The standard InChI is InChI=1S/C28H25F3/c1-3-6-24(28(31)22-14-13-19-7-4-5-8-21(19)15-22)23-16-25(29)27(26(30)17-23)20-11-9-18(2)10-12-20/h4-5,7-17,24,28H,3,6H2,1-2H3. The van der Waals surface area contributed by atoms with Crippen LogP contribution in [-0.4, -0.2) is 0 Å². The molecule has 0 N–H and O–H groups in total. The molecule has 0 saturated carbocycles. The summed E-state index contributed by atoms with van der Waals surface area (Å²) < 4.78 is 45.7. The fraction of sp³-hybridized carbons (Fsp3) is 0.214. The Labute approximate surface area is 181 Å². The number of halogens is 3. The minimum Gasteiger partial charge on any atom is -0.242 e. The van der Waals surface area contributed by atoms with Gasteiger partial charge in [-0.25, -0.2) is 13.2 Å². The van der Waals surface area contributed by atoms with Gasteiger partial charge in [0.15, 0.2) is 0 Å². The molecule has 4 aromatic carbocycles. The lowest BCUT2D eigenvalue weighted by Gasteiger charge is -2.23. The second-order valence-electron chi connectivity index (χ2n) is 8.13. The molecule has 0 heterocycles. The third-order valence-electron chi connectivity index (χ3n) is 5.88. The van der Waals surface area contributed by atoms with E-state index < -0.39 is 23.7 Å². The van der Waals surface area contributed by atoms with Crippen LogP contribution in [0.3, 0.4) is 0 Å². The van der Waals surface area contributed by atoms with Crippen LogP contribution in [0.1, 0.15) is 48.5 Å². The fourth-order valence-corrected chi connectivity index (χ4v) is 4.21. The van der Waals surface area contributed by atoms with Gasteiger partial charge >= 0.3 is 0 Å². The summed E-state index contributed by atoms with van der Waals surface area (Å²) in [6, 6.07) is 22.9. The Balaban J connectivity index is 1.72. The average molecular weight is 419 g/mol. The van der Waals surface area contributed by atoms with Crippen LogP contribution in [0.2, 0.25) is 0 Å². The first kappa shape index (κ1) is 21.2. The van der Waals surface area contributed by atoms with Crippen LogP contribution in [0.25, 0.3) is 21.9 Å². The van der Waals surface area contributed by atoms with Gasteiger partial charge in [0.05, 0.1) is 5.56 Å². The second-order valence-corrected chi connectivity index (χ2v) is 8.13. The third-order valence-corrected chi connectivity index (χ3v) is 5.88. The molecule has 0 fully saturated rings. The highest BCUT2D eigenvalue weighted by molar-refractivity contribution is 5.83. The monoisotopic (exact) mass is 418 g/mol. The van der Waals surface area contributed by atoms with E-state index in [-0.39, 0.29) is 5.56 Å². The lowest BCUT2D eigenvalue weighted by atomic mass is 9.85. The molecule has 0 aromatic heterocycles. The molecule has 0 aliphatic rings. The molecule has 0 aliphatic heterocycles. The highest BCUT2D eigenvalue weighted by Crippen LogP contribution is 2.40. The molecule has 31 heavy (non-hydrogen) atoms. The van der Waals surface area contributed by atoms with Gasteiger partial charge in [0.2, 0.25) is 0 Å². The maximum Gasteiger partial charge on any atom is 0.134 e. The molecule has 0 nitrogen and oxygen atoms in total. The van der Waals surface area contributed by atoms with Crippen LogP contribution < -0.4 is 0 Å². The molecule has 2 unspecified atom stereocenters. The van der Waals surface area contributed by atoms with E-state index in [2.05, 4.69) is 0 Å². The summed E-state index contributed by atoms with van der Waals surface area (Å²) in [4.78, 5) is 0. The third kappa shape index (κ3) is 4.36. The minimum absolute atomic E-state index is 0.0693. The second kappa shape index (κ2) is 8.97. The van der Waals surface area contributed by atoms with Crippen LogP contribution in [0.4, 0.5) is 13.2 Å². The van der Waals surface area contributed by atoms with Crippen molar-refractivity contribution in [3.8, 4) is 11.1 Å². The molecule has 0 amide bonds. The van der Waals surface area contributed by atoms with E-state index in [1.54, 1.807) is 18.2 Å². The average Bonchev–Trinajstić information content (AvgIpc) is 2.77. The number of fused-ring (bicyclic) bond motifs is 1. The van der Waals surface area contributed by atoms with Gasteiger partial charge in [-0.3, -0.25) is 0 Å². The predicted molar refractivity (Wildman–Crippen MR) is 122 cm³/mol. The first-order valence-electron chi connectivity index (χ1n) is 10.7. The van der Waals surface area contributed by atoms with Crippen molar-refractivity contribution < 1.29 is 13.2 Å². The molecule has 4 aromatic rings. The molecular formula is C28H25F3. The van der Waals surface area contributed by atoms with Crippen molar-refractivity contribution in [3.63, 3.8) is 0 Å². The van der Waals surface area contributed by atoms with Crippen LogP contribution in [0, 0.1) is 18.6 Å². The van der Waals surface area contributed by atoms with E-state index in [9.17, 15) is 0 Å². The van der Waals surface area contributed by atoms with Gasteiger partial charge in [0.1, 0.15) is 17.8 Å². The summed E-state index contributed by atoms with van der Waals surface area (Å²) in [6.07, 6.45) is -0.146. The van der Waals surface area contributed by atoms with Crippen molar-refractivity contribution in [1.29, 1.82) is 0 Å². The van der Waals surface area contributed by atoms with Crippen LogP contribution in [-0.2, 0) is 0 Å². The quantitative estimate of drug-likeness (QED) is 0.294. The van der Waals surface area contributed by atoms with E-state index in [4.69, 9.17) is 0 Å². The summed E-state index contributed by atoms with van der Waals surface area (Å²) in [5, 5.41) is 1.98. The Morgan fingerprint density at radius 3 is 2.03 bits per heavy atom. The highest BCUT2D eigenvalue weighted by Gasteiger charge is 2.26. The van der Waals surface area contributed by atoms with E-state index >= 15 is 13.2 Å². The number of hydrogen-bond donors (Lipinski definition) is 0. The largest absolute Gasteiger partial charge is 0.242 e. The summed E-state index contributed by atoms with van der Waals surface area (Å²) >= 11 is 0. The molecule has 2 atom stereocenters. The van der Waals surface area contributed by atoms with Crippen molar-refractivity contribution in [2.24, 2.45) is 0 Å². The molecule has 0 saturated heterocycles. The number of benzene rings is 4. The SMILES string of the molecule is CCCC(c1cc(F)c(-c2ccc(C)cc2)c(F)c1)C(F)c1ccc2ccccc2c1. The molecule has 0 bridgehead atoms. The van der Waals surface area contributed by atoms with Crippen LogP contribution in [0.15, 0.2) is 78.9 Å². The van der Waals surface area contributed by atoms with Gasteiger partial charge in [-0.05, 0) is 59.0 Å². The van der Waals surface area contributed by atoms with Gasteiger partial charge < -0.3 is 0 Å². The lowest BCUT2D eigenvalue weighted by Crippen LogP contribution is -2.09. The van der Waals surface area contributed by atoms with Gasteiger partial charge in [-0.2, -0.15) is 0 Å². The zero-order valence-electron chi connectivity index (χ0n) is 17.7. The molecular weight excluding hydrogens is 393 g/mol. The van der Waals surface area contributed by atoms with Crippen LogP contribution in [0.5, 0.6) is 0 Å². The van der Waals surface area contributed by atoms with Crippen molar-refractivity contribution in [2.45, 2.75) is 38.8 Å². The van der Waals surface area contributed by atoms with Gasteiger partial charge in [-0.15, -0.1) is 0 Å². The van der Waals surface area contributed by atoms with Crippen molar-refractivity contribution in [3.05, 3.63) is 107 Å². The lowest BCUT2D eigenvalue weighted by molar-refractivity contribution is 0.275. The first-order valence-corrected chi connectivity index (χ1v) is 10.7. The normalized spacial score (nSPS) is 13.3. The molecule has 0 radical (unpaired) electrons. The van der Waals surface area contributed by atoms with Gasteiger partial charge in [0, 0.05) is 5.92 Å². The molecule has 3 heteroatoms. The van der Waals surface area contributed by atoms with Gasteiger partial charge in [0.25, 0.3) is 0 Å². The van der Waals surface area contributed by atoms with E-state index in [0.29, 0.717) is 29.5 Å². The number of aryl methyl sites for hydroxylation is 1. The predicted octanol–water partition coefficient (Wildman–Crippen LogP) is 8.69. The molecule has 158 valence electrons. The smallest absolute Gasteiger partial charge is 0.134 e. The Kier molecular flexibility index (Phi) is 6.13. The molecule has 0 aliphatic carbocycles. The van der Waals surface area contributed by atoms with Gasteiger partial charge in [-0.1, -0.05) is 79.6 Å². The maximum atomic E-state index is 15.7. The summed E-state index contributed by atoms with van der Waals surface area (Å²) in [6.45, 7) is 3.87. The minimum atomic E-state index is -1.35. The first-order chi connectivity index (χ1) is 15.0. The van der Waals surface area contributed by atoms with E-state index in [1.165, 1.54) is 12.1 Å². The number of alkyl halides is 1. The highest BCUT2D eigenvalue weighted by atomic mass is 19.1. The Morgan fingerprint density at radius 1 is 0.742 bits per heavy atom. The van der Waals surface area contributed by atoms with Crippen molar-refractivity contribution in [1.82, 2.24) is 0 Å². The van der Waals surface area contributed by atoms with E-state index in [1.807, 2.05) is 62.4 Å². The fourth-order valence-electron chi connectivity index (χ4n) is 4.21.